The van der Waals surface area contributed by atoms with Gasteiger partial charge in [0, 0.05) is 38.7 Å². The Morgan fingerprint density at radius 2 is 1.73 bits per heavy atom. The molecule has 0 unspecified atom stereocenters. The Bertz CT molecular complexity index is 996. The number of ether oxygens (including phenoxy) is 1. The van der Waals surface area contributed by atoms with Gasteiger partial charge in [-0.25, -0.2) is 0 Å². The van der Waals surface area contributed by atoms with Crippen molar-refractivity contribution < 1.29 is 19.1 Å². The highest BCUT2D eigenvalue weighted by atomic mass is 16.5. The molecule has 2 aromatic rings. The second-order valence-electron chi connectivity index (χ2n) is 7.74. The van der Waals surface area contributed by atoms with Crippen LogP contribution in [0.3, 0.4) is 0 Å². The molecule has 4 rings (SSSR count). The van der Waals surface area contributed by atoms with Gasteiger partial charge in [0.15, 0.2) is 6.61 Å². The quantitative estimate of drug-likeness (QED) is 0.782. The van der Waals surface area contributed by atoms with E-state index in [1.165, 1.54) is 0 Å². The third-order valence-corrected chi connectivity index (χ3v) is 5.59. The summed E-state index contributed by atoms with van der Waals surface area (Å²) in [7, 11) is 0. The van der Waals surface area contributed by atoms with Crippen molar-refractivity contribution in [3.63, 3.8) is 0 Å². The van der Waals surface area contributed by atoms with Crippen molar-refractivity contribution in [2.24, 2.45) is 0 Å². The van der Waals surface area contributed by atoms with Crippen LogP contribution in [0.15, 0.2) is 42.5 Å². The van der Waals surface area contributed by atoms with Crippen LogP contribution in [0.4, 0.5) is 5.69 Å². The van der Waals surface area contributed by atoms with Gasteiger partial charge in [0.2, 0.25) is 5.91 Å². The van der Waals surface area contributed by atoms with Crippen molar-refractivity contribution in [1.29, 1.82) is 0 Å². The van der Waals surface area contributed by atoms with Gasteiger partial charge in [-0.3, -0.25) is 14.4 Å². The summed E-state index contributed by atoms with van der Waals surface area (Å²) >= 11 is 0. The average molecular weight is 407 g/mol. The SMILES string of the molecule is CC(=O)N1CCN(C(=O)c2cccc(CN3C(=O)COc4cc(C)ccc43)c2)CC1. The second-order valence-corrected chi connectivity index (χ2v) is 7.74. The Balaban J connectivity index is 1.50. The number of aryl methyl sites for hydroxylation is 1. The molecular weight excluding hydrogens is 382 g/mol. The van der Waals surface area contributed by atoms with E-state index in [9.17, 15) is 14.4 Å². The van der Waals surface area contributed by atoms with Crippen LogP contribution in [-0.2, 0) is 16.1 Å². The van der Waals surface area contributed by atoms with Gasteiger partial charge in [-0.2, -0.15) is 0 Å². The maximum Gasteiger partial charge on any atom is 0.265 e. The van der Waals surface area contributed by atoms with Crippen LogP contribution in [-0.4, -0.2) is 60.3 Å². The smallest absolute Gasteiger partial charge is 0.265 e. The summed E-state index contributed by atoms with van der Waals surface area (Å²) in [6, 6.07) is 13.2. The van der Waals surface area contributed by atoms with Crippen LogP contribution in [0.5, 0.6) is 5.75 Å². The first-order chi connectivity index (χ1) is 14.4. The fraction of sp³-hybridized carbons (Fsp3) is 0.348. The van der Waals surface area contributed by atoms with Gasteiger partial charge in [0.1, 0.15) is 5.75 Å². The number of hydrogen-bond acceptors (Lipinski definition) is 4. The molecule has 7 nitrogen and oxygen atoms in total. The molecule has 2 aromatic carbocycles. The monoisotopic (exact) mass is 407 g/mol. The maximum absolute atomic E-state index is 12.9. The lowest BCUT2D eigenvalue weighted by Gasteiger charge is -2.34. The molecule has 7 heteroatoms. The third-order valence-electron chi connectivity index (χ3n) is 5.59. The summed E-state index contributed by atoms with van der Waals surface area (Å²) < 4.78 is 5.57. The molecule has 0 aliphatic carbocycles. The highest BCUT2D eigenvalue weighted by molar-refractivity contribution is 5.98. The Kier molecular flexibility index (Phi) is 5.44. The predicted octanol–water partition coefficient (Wildman–Crippen LogP) is 2.22. The minimum atomic E-state index is -0.108. The number of anilines is 1. The molecule has 0 radical (unpaired) electrons. The van der Waals surface area contributed by atoms with Crippen molar-refractivity contribution in [2.75, 3.05) is 37.7 Å². The molecule has 1 saturated heterocycles. The number of nitrogens with zero attached hydrogens (tertiary/aromatic N) is 3. The number of piperazine rings is 1. The largest absolute Gasteiger partial charge is 0.482 e. The van der Waals surface area contributed by atoms with Gasteiger partial charge >= 0.3 is 0 Å². The number of carbonyl (C=O) groups excluding carboxylic acids is 3. The highest BCUT2D eigenvalue weighted by Gasteiger charge is 2.27. The Morgan fingerprint density at radius 1 is 1.00 bits per heavy atom. The lowest BCUT2D eigenvalue weighted by atomic mass is 10.1. The van der Waals surface area contributed by atoms with Crippen LogP contribution in [0.2, 0.25) is 0 Å². The first-order valence-electron chi connectivity index (χ1n) is 10.1. The van der Waals surface area contributed by atoms with Crippen molar-refractivity contribution in [3.05, 3.63) is 59.2 Å². The van der Waals surface area contributed by atoms with E-state index in [4.69, 9.17) is 4.74 Å². The predicted molar refractivity (Wildman–Crippen MR) is 112 cm³/mol. The van der Waals surface area contributed by atoms with Crippen LogP contribution >= 0.6 is 0 Å². The van der Waals surface area contributed by atoms with Gasteiger partial charge in [-0.15, -0.1) is 0 Å². The molecular formula is C23H25N3O4. The standard InChI is InChI=1S/C23H25N3O4/c1-16-6-7-20-21(12-16)30-15-22(28)26(20)14-18-4-3-5-19(13-18)23(29)25-10-8-24(9-11-25)17(2)27/h3-7,12-13H,8-11,14-15H2,1-2H3. The minimum Gasteiger partial charge on any atom is -0.482 e. The van der Waals surface area contributed by atoms with Crippen LogP contribution in [0.25, 0.3) is 0 Å². The van der Waals surface area contributed by atoms with Gasteiger partial charge in [-0.05, 0) is 42.3 Å². The number of benzene rings is 2. The summed E-state index contributed by atoms with van der Waals surface area (Å²) in [5.74, 6) is 0.577. The van der Waals surface area contributed by atoms with E-state index in [-0.39, 0.29) is 24.3 Å². The highest BCUT2D eigenvalue weighted by Crippen LogP contribution is 2.33. The molecule has 2 heterocycles. The molecule has 1 fully saturated rings. The number of hydrogen-bond donors (Lipinski definition) is 0. The lowest BCUT2D eigenvalue weighted by Crippen LogP contribution is -2.50. The summed E-state index contributed by atoms with van der Waals surface area (Å²) in [6.07, 6.45) is 0. The van der Waals surface area contributed by atoms with Crippen LogP contribution in [0.1, 0.15) is 28.4 Å². The first kappa shape index (κ1) is 19.9. The molecule has 0 bridgehead atoms. The molecule has 0 saturated carbocycles. The zero-order valence-electron chi connectivity index (χ0n) is 17.3. The zero-order chi connectivity index (χ0) is 21.3. The second kappa shape index (κ2) is 8.18. The lowest BCUT2D eigenvalue weighted by molar-refractivity contribution is -0.130. The Morgan fingerprint density at radius 3 is 2.47 bits per heavy atom. The third kappa shape index (κ3) is 4.01. The van der Waals surface area contributed by atoms with Gasteiger partial charge in [0.05, 0.1) is 12.2 Å². The number of fused-ring (bicyclic) bond motifs is 1. The van der Waals surface area contributed by atoms with E-state index < -0.39 is 0 Å². The molecule has 156 valence electrons. The van der Waals surface area contributed by atoms with E-state index in [1.54, 1.807) is 27.7 Å². The van der Waals surface area contributed by atoms with Crippen molar-refractivity contribution in [2.45, 2.75) is 20.4 Å². The number of carbonyl (C=O) groups is 3. The normalized spacial score (nSPS) is 16.2. The van der Waals surface area contributed by atoms with E-state index in [2.05, 4.69) is 0 Å². The number of rotatable bonds is 3. The molecule has 0 N–H and O–H groups in total. The first-order valence-corrected chi connectivity index (χ1v) is 10.1. The van der Waals surface area contributed by atoms with E-state index in [0.717, 1.165) is 16.8 Å². The Labute approximate surface area is 175 Å². The number of amides is 3. The van der Waals surface area contributed by atoms with Crippen LogP contribution < -0.4 is 9.64 Å². The van der Waals surface area contributed by atoms with E-state index >= 15 is 0 Å². The van der Waals surface area contributed by atoms with Crippen molar-refractivity contribution in [1.82, 2.24) is 9.80 Å². The summed E-state index contributed by atoms with van der Waals surface area (Å²) in [4.78, 5) is 42.2. The van der Waals surface area contributed by atoms with Crippen molar-refractivity contribution >= 4 is 23.4 Å². The van der Waals surface area contributed by atoms with Crippen molar-refractivity contribution in [3.8, 4) is 5.75 Å². The summed E-state index contributed by atoms with van der Waals surface area (Å²) in [5, 5.41) is 0. The molecule has 0 spiro atoms. The maximum atomic E-state index is 12.9. The Hall–Kier alpha value is -3.35. The molecule has 30 heavy (non-hydrogen) atoms. The fourth-order valence-electron chi connectivity index (χ4n) is 3.88. The molecule has 0 atom stereocenters. The van der Waals surface area contributed by atoms with E-state index in [0.29, 0.717) is 44.0 Å². The topological polar surface area (TPSA) is 70.2 Å². The van der Waals surface area contributed by atoms with Crippen LogP contribution in [0, 0.1) is 6.92 Å². The average Bonchev–Trinajstić information content (AvgIpc) is 2.75. The van der Waals surface area contributed by atoms with E-state index in [1.807, 2.05) is 43.3 Å². The van der Waals surface area contributed by atoms with Gasteiger partial charge in [0.25, 0.3) is 11.8 Å². The molecule has 3 amide bonds. The molecule has 0 aromatic heterocycles. The van der Waals surface area contributed by atoms with Gasteiger partial charge in [-0.1, -0.05) is 18.2 Å². The summed E-state index contributed by atoms with van der Waals surface area (Å²) in [6.45, 7) is 6.07. The summed E-state index contributed by atoms with van der Waals surface area (Å²) in [5.41, 5.74) is 3.29. The fourth-order valence-corrected chi connectivity index (χ4v) is 3.88. The zero-order valence-corrected chi connectivity index (χ0v) is 17.3. The molecule has 2 aliphatic rings. The van der Waals surface area contributed by atoms with Gasteiger partial charge < -0.3 is 19.4 Å². The minimum absolute atomic E-state index is 0.00943. The molecule has 2 aliphatic heterocycles.